The van der Waals surface area contributed by atoms with Crippen LogP contribution < -0.4 is 5.32 Å². The van der Waals surface area contributed by atoms with Gasteiger partial charge in [-0.15, -0.1) is 0 Å². The fraction of sp³-hybridized carbons (Fsp3) is 0.278. The molecule has 122 valence electrons. The monoisotopic (exact) mass is 385 g/mol. The number of carbonyl (C=O) groups is 1. The molecule has 0 aliphatic heterocycles. The number of aromatic nitrogens is 1. The van der Waals surface area contributed by atoms with E-state index in [9.17, 15) is 10.1 Å². The highest BCUT2D eigenvalue weighted by atomic mass is 79.9. The van der Waals surface area contributed by atoms with E-state index in [2.05, 4.69) is 32.3 Å². The average Bonchev–Trinajstić information content (AvgIpc) is 3.24. The van der Waals surface area contributed by atoms with E-state index in [0.717, 1.165) is 5.56 Å². The Bertz CT molecular complexity index is 804. The minimum atomic E-state index is -0.811. The molecule has 1 fully saturated rings. The van der Waals surface area contributed by atoms with Gasteiger partial charge in [0.25, 0.3) is 0 Å². The summed E-state index contributed by atoms with van der Waals surface area (Å²) in [4.78, 5) is 16.9. The van der Waals surface area contributed by atoms with Crippen LogP contribution in [0.1, 0.15) is 24.5 Å². The summed E-state index contributed by atoms with van der Waals surface area (Å²) in [5, 5.41) is 12.4. The zero-order valence-corrected chi connectivity index (χ0v) is 14.7. The van der Waals surface area contributed by atoms with Crippen molar-refractivity contribution in [1.82, 2.24) is 4.98 Å². The highest BCUT2D eigenvalue weighted by molar-refractivity contribution is 9.10. The highest BCUT2D eigenvalue weighted by Gasteiger charge is 2.59. The molecule has 0 spiro atoms. The van der Waals surface area contributed by atoms with Crippen LogP contribution in [-0.2, 0) is 16.1 Å². The lowest BCUT2D eigenvalue weighted by Crippen LogP contribution is -2.36. The first-order chi connectivity index (χ1) is 11.5. The van der Waals surface area contributed by atoms with Crippen molar-refractivity contribution in [2.45, 2.75) is 25.5 Å². The number of pyridine rings is 1. The van der Waals surface area contributed by atoms with Crippen LogP contribution in [0.3, 0.4) is 0 Å². The van der Waals surface area contributed by atoms with Crippen molar-refractivity contribution in [3.63, 3.8) is 0 Å². The second-order valence-corrected chi connectivity index (χ2v) is 6.72. The maximum absolute atomic E-state index is 12.6. The molecule has 24 heavy (non-hydrogen) atoms. The number of anilines is 1. The number of halogens is 1. The molecule has 1 N–H and O–H groups in total. The van der Waals surface area contributed by atoms with E-state index in [-0.39, 0.29) is 18.5 Å². The lowest BCUT2D eigenvalue weighted by atomic mass is 10.2. The van der Waals surface area contributed by atoms with Crippen LogP contribution in [0, 0.1) is 17.2 Å². The predicted molar refractivity (Wildman–Crippen MR) is 93.0 cm³/mol. The molecule has 0 amide bonds. The Balaban J connectivity index is 1.74. The summed E-state index contributed by atoms with van der Waals surface area (Å²) >= 11 is 3.29. The molecule has 1 aliphatic rings. The lowest BCUT2D eigenvalue weighted by molar-refractivity contribution is -0.147. The Labute approximate surface area is 148 Å². The Morgan fingerprint density at radius 1 is 1.42 bits per heavy atom. The molecule has 0 saturated heterocycles. The number of ether oxygens (including phenoxy) is 1. The number of carbonyl (C=O) groups excluding carboxylic acids is 1. The van der Waals surface area contributed by atoms with Gasteiger partial charge in [-0.05, 0) is 46.0 Å². The average molecular weight is 386 g/mol. The van der Waals surface area contributed by atoms with E-state index >= 15 is 0 Å². The topological polar surface area (TPSA) is 75.0 Å². The number of benzene rings is 1. The largest absolute Gasteiger partial charge is 0.459 e. The number of hydrogen-bond acceptors (Lipinski definition) is 5. The molecule has 0 radical (unpaired) electrons. The van der Waals surface area contributed by atoms with Gasteiger partial charge < -0.3 is 10.1 Å². The summed E-state index contributed by atoms with van der Waals surface area (Å²) in [7, 11) is 0. The normalized spacial score (nSPS) is 21.6. The summed E-state index contributed by atoms with van der Waals surface area (Å²) < 4.78 is 6.08. The molecule has 3 rings (SSSR count). The summed E-state index contributed by atoms with van der Waals surface area (Å²) in [6.45, 7) is 2.20. The number of hydrogen-bond donors (Lipinski definition) is 1. The number of esters is 1. The van der Waals surface area contributed by atoms with Crippen LogP contribution in [0.25, 0.3) is 0 Å². The van der Waals surface area contributed by atoms with Crippen molar-refractivity contribution >= 4 is 27.7 Å². The lowest BCUT2D eigenvalue weighted by Gasteiger charge is -2.19. The van der Waals surface area contributed by atoms with Crippen molar-refractivity contribution in [2.75, 3.05) is 5.32 Å². The Kier molecular flexibility index (Phi) is 4.54. The summed E-state index contributed by atoms with van der Waals surface area (Å²) in [5.41, 5.74) is 0.522. The maximum Gasteiger partial charge on any atom is 0.332 e. The fourth-order valence-corrected chi connectivity index (χ4v) is 2.93. The molecular weight excluding hydrogens is 370 g/mol. The van der Waals surface area contributed by atoms with Crippen LogP contribution in [0.2, 0.25) is 0 Å². The van der Waals surface area contributed by atoms with Gasteiger partial charge >= 0.3 is 5.97 Å². The maximum atomic E-state index is 12.6. The van der Waals surface area contributed by atoms with E-state index in [1.165, 1.54) is 0 Å². The molecule has 1 aromatic heterocycles. The number of rotatable bonds is 5. The van der Waals surface area contributed by atoms with Gasteiger partial charge in [0.15, 0.2) is 0 Å². The molecule has 6 heteroatoms. The van der Waals surface area contributed by atoms with Gasteiger partial charge in [0.05, 0.1) is 5.56 Å². The quantitative estimate of drug-likeness (QED) is 0.627. The fourth-order valence-electron chi connectivity index (χ4n) is 2.62. The molecule has 5 nitrogen and oxygen atoms in total. The first-order valence-electron chi connectivity index (χ1n) is 7.61. The second-order valence-electron chi connectivity index (χ2n) is 5.91. The molecule has 2 aromatic rings. The Morgan fingerprint density at radius 2 is 2.12 bits per heavy atom. The Morgan fingerprint density at radius 3 is 2.75 bits per heavy atom. The van der Waals surface area contributed by atoms with Gasteiger partial charge in [-0.2, -0.15) is 5.26 Å². The van der Waals surface area contributed by atoms with Crippen LogP contribution in [0.4, 0.5) is 5.82 Å². The first-order valence-corrected chi connectivity index (χ1v) is 8.40. The van der Waals surface area contributed by atoms with Crippen molar-refractivity contribution in [3.8, 4) is 6.07 Å². The molecule has 0 bridgehead atoms. The van der Waals surface area contributed by atoms with E-state index in [1.807, 2.05) is 37.3 Å². The van der Waals surface area contributed by atoms with Gasteiger partial charge in [0, 0.05) is 0 Å². The molecule has 0 unspecified atom stereocenters. The predicted octanol–water partition coefficient (Wildman–Crippen LogP) is 3.65. The minimum absolute atomic E-state index is 0.119. The van der Waals surface area contributed by atoms with Crippen molar-refractivity contribution < 1.29 is 9.53 Å². The van der Waals surface area contributed by atoms with E-state index in [1.54, 1.807) is 12.1 Å². The van der Waals surface area contributed by atoms with E-state index in [4.69, 9.17) is 4.74 Å². The zero-order chi connectivity index (χ0) is 17.2. The van der Waals surface area contributed by atoms with Crippen molar-refractivity contribution in [3.05, 3.63) is 58.2 Å². The molecule has 1 heterocycles. The smallest absolute Gasteiger partial charge is 0.332 e. The molecule has 1 aromatic carbocycles. The SMILES string of the molecule is C[C@H]1C[C@@]1(Nc1nc(Br)ccc1C#N)C(=O)OCc1ccccc1. The third-order valence-electron chi connectivity index (χ3n) is 4.21. The summed E-state index contributed by atoms with van der Waals surface area (Å²) in [6.07, 6.45) is 0.652. The van der Waals surface area contributed by atoms with Crippen LogP contribution >= 0.6 is 15.9 Å². The second kappa shape index (κ2) is 6.62. The summed E-state index contributed by atoms with van der Waals surface area (Å²) in [6, 6.07) is 15.0. The van der Waals surface area contributed by atoms with Crippen LogP contribution in [-0.4, -0.2) is 16.5 Å². The van der Waals surface area contributed by atoms with Gasteiger partial charge in [0.1, 0.15) is 28.6 Å². The van der Waals surface area contributed by atoms with Crippen LogP contribution in [0.5, 0.6) is 0 Å². The van der Waals surface area contributed by atoms with Crippen LogP contribution in [0.15, 0.2) is 47.1 Å². The van der Waals surface area contributed by atoms with Gasteiger partial charge in [-0.1, -0.05) is 37.3 Å². The van der Waals surface area contributed by atoms with Crippen molar-refractivity contribution in [1.29, 1.82) is 5.26 Å². The number of nitriles is 1. The molecule has 1 aliphatic carbocycles. The van der Waals surface area contributed by atoms with E-state index < -0.39 is 5.54 Å². The van der Waals surface area contributed by atoms with Crippen molar-refractivity contribution in [2.24, 2.45) is 5.92 Å². The molecule has 2 atom stereocenters. The number of nitrogens with one attached hydrogen (secondary N) is 1. The van der Waals surface area contributed by atoms with Gasteiger partial charge in [-0.3, -0.25) is 0 Å². The third-order valence-corrected chi connectivity index (χ3v) is 4.65. The third kappa shape index (κ3) is 3.26. The van der Waals surface area contributed by atoms with Gasteiger partial charge in [0.2, 0.25) is 0 Å². The van der Waals surface area contributed by atoms with Gasteiger partial charge in [-0.25, -0.2) is 9.78 Å². The number of nitrogens with zero attached hydrogens (tertiary/aromatic N) is 2. The Hall–Kier alpha value is -2.39. The molecular formula is C18H16BrN3O2. The first kappa shape index (κ1) is 16.5. The van der Waals surface area contributed by atoms with E-state index in [0.29, 0.717) is 22.4 Å². The standard InChI is InChI=1S/C18H16BrN3O2/c1-12-9-18(12,17(23)24-11-13-5-3-2-4-6-13)22-16-14(10-20)7-8-15(19)21-16/h2-8,12H,9,11H2,1H3,(H,21,22)/t12-,18-/m0/s1. The summed E-state index contributed by atoms with van der Waals surface area (Å²) in [5.74, 6) is 0.200. The molecule has 1 saturated carbocycles. The minimum Gasteiger partial charge on any atom is -0.459 e. The highest BCUT2D eigenvalue weighted by Crippen LogP contribution is 2.47. The zero-order valence-electron chi connectivity index (χ0n) is 13.1.